The Balaban J connectivity index is 2.26. The first-order valence-corrected chi connectivity index (χ1v) is 11.0. The molecule has 0 saturated heterocycles. The Kier molecular flexibility index (Phi) is 10.6. The molecule has 0 radical (unpaired) electrons. The third-order valence-electron chi connectivity index (χ3n) is 4.04. The molecule has 0 fully saturated rings. The van der Waals surface area contributed by atoms with E-state index in [2.05, 4.69) is 26.9 Å². The van der Waals surface area contributed by atoms with Gasteiger partial charge in [-0.15, -0.1) is 0 Å². The number of nitrogens with one attached hydrogen (secondary N) is 3. The smallest absolute Gasteiger partial charge is 0.326 e. The third-order valence-corrected chi connectivity index (χ3v) is 5.51. The lowest BCUT2D eigenvalue weighted by molar-refractivity contribution is -0.141. The van der Waals surface area contributed by atoms with Crippen LogP contribution in [0.2, 0.25) is 0 Å². The van der Waals surface area contributed by atoms with Crippen LogP contribution in [-0.4, -0.2) is 53.7 Å². The maximum Gasteiger partial charge on any atom is 0.326 e. The number of aromatic amines is 1. The van der Waals surface area contributed by atoms with Gasteiger partial charge >= 0.3 is 5.97 Å². The van der Waals surface area contributed by atoms with Crippen LogP contribution >= 0.6 is 0 Å². The van der Waals surface area contributed by atoms with Gasteiger partial charge in [0.05, 0.1) is 17.8 Å². The Morgan fingerprint density at radius 2 is 1.93 bits per heavy atom. The van der Waals surface area contributed by atoms with Crippen LogP contribution in [0.5, 0.6) is 0 Å². The maximum absolute atomic E-state index is 11.9. The summed E-state index contributed by atoms with van der Waals surface area (Å²) in [4.78, 5) is 29.8. The Bertz CT molecular complexity index is 661. The standard InChI is InChI=1S/C17H30N4O5S/c1-2-3-4-5-6-7-10-27(25,26)20-9-8-16(22)21-15(17(23)24)11-14-12-18-13-19-14/h12-13,15,20H,2-11H2,1H3,(H,18,19)(H,21,22)(H,23,24)/t15-/m0/s1. The molecule has 1 heterocycles. The summed E-state index contributed by atoms with van der Waals surface area (Å²) in [6, 6.07) is -1.11. The minimum Gasteiger partial charge on any atom is -0.480 e. The average Bonchev–Trinajstić information content (AvgIpc) is 3.10. The first-order chi connectivity index (χ1) is 12.8. The molecular weight excluding hydrogens is 372 g/mol. The van der Waals surface area contributed by atoms with Gasteiger partial charge in [-0.2, -0.15) is 0 Å². The number of nitrogens with zero attached hydrogens (tertiary/aromatic N) is 1. The van der Waals surface area contributed by atoms with Gasteiger partial charge in [0.2, 0.25) is 15.9 Å². The van der Waals surface area contributed by atoms with Gasteiger partial charge in [0.1, 0.15) is 6.04 Å². The molecule has 0 saturated carbocycles. The van der Waals surface area contributed by atoms with Crippen molar-refractivity contribution in [2.45, 2.75) is 64.3 Å². The third kappa shape index (κ3) is 10.7. The quantitative estimate of drug-likeness (QED) is 0.325. The molecule has 1 rings (SSSR count). The van der Waals surface area contributed by atoms with Crippen molar-refractivity contribution in [1.82, 2.24) is 20.0 Å². The fraction of sp³-hybridized carbons (Fsp3) is 0.706. The van der Waals surface area contributed by atoms with Gasteiger partial charge in [0.15, 0.2) is 0 Å². The minimum absolute atomic E-state index is 0.0393. The molecule has 0 unspecified atom stereocenters. The summed E-state index contributed by atoms with van der Waals surface area (Å²) in [7, 11) is -3.42. The average molecular weight is 403 g/mol. The minimum atomic E-state index is -3.42. The number of imidazole rings is 1. The number of sulfonamides is 1. The second-order valence-electron chi connectivity index (χ2n) is 6.45. The molecule has 1 aromatic heterocycles. The molecule has 4 N–H and O–H groups in total. The number of unbranched alkanes of at least 4 members (excludes halogenated alkanes) is 5. The zero-order valence-electron chi connectivity index (χ0n) is 15.7. The van der Waals surface area contributed by atoms with Crippen molar-refractivity contribution in [3.05, 3.63) is 18.2 Å². The molecule has 0 aliphatic carbocycles. The summed E-state index contributed by atoms with van der Waals surface area (Å²) in [5, 5.41) is 11.6. The molecule has 1 amide bonds. The number of H-pyrrole nitrogens is 1. The Labute approximate surface area is 160 Å². The summed E-state index contributed by atoms with van der Waals surface area (Å²) in [6.45, 7) is 2.07. The predicted molar refractivity (Wildman–Crippen MR) is 102 cm³/mol. The van der Waals surface area contributed by atoms with Crippen molar-refractivity contribution in [3.8, 4) is 0 Å². The number of carbonyl (C=O) groups is 2. The fourth-order valence-electron chi connectivity index (χ4n) is 2.54. The van der Waals surface area contributed by atoms with Gasteiger partial charge in [0, 0.05) is 25.6 Å². The highest BCUT2D eigenvalue weighted by Crippen LogP contribution is 2.06. The Hall–Kier alpha value is -1.94. The second-order valence-corrected chi connectivity index (χ2v) is 8.38. The topological polar surface area (TPSA) is 141 Å². The number of carboxylic acid groups (broad SMARTS) is 1. The van der Waals surface area contributed by atoms with E-state index in [1.807, 2.05) is 0 Å². The maximum atomic E-state index is 11.9. The highest BCUT2D eigenvalue weighted by molar-refractivity contribution is 7.89. The van der Waals surface area contributed by atoms with Crippen LogP contribution in [0.1, 0.15) is 57.6 Å². The molecule has 1 aromatic rings. The SMILES string of the molecule is CCCCCCCCS(=O)(=O)NCCC(=O)N[C@@H](Cc1c[nH]cn1)C(=O)O. The number of hydrogen-bond acceptors (Lipinski definition) is 5. The number of hydrogen-bond donors (Lipinski definition) is 4. The van der Waals surface area contributed by atoms with Gasteiger partial charge < -0.3 is 15.4 Å². The summed E-state index contributed by atoms with van der Waals surface area (Å²) in [6.07, 6.45) is 8.82. The van der Waals surface area contributed by atoms with E-state index in [1.165, 1.54) is 6.33 Å². The van der Waals surface area contributed by atoms with E-state index >= 15 is 0 Å². The van der Waals surface area contributed by atoms with Crippen molar-refractivity contribution in [3.63, 3.8) is 0 Å². The molecule has 0 bridgehead atoms. The van der Waals surface area contributed by atoms with E-state index < -0.39 is 27.9 Å². The first kappa shape index (κ1) is 23.1. The van der Waals surface area contributed by atoms with Crippen LogP contribution < -0.4 is 10.0 Å². The van der Waals surface area contributed by atoms with Gasteiger partial charge in [-0.25, -0.2) is 22.9 Å². The number of amides is 1. The van der Waals surface area contributed by atoms with Crippen molar-refractivity contribution in [2.75, 3.05) is 12.3 Å². The van der Waals surface area contributed by atoms with Crippen LogP contribution in [0.3, 0.4) is 0 Å². The van der Waals surface area contributed by atoms with Gasteiger partial charge in [-0.3, -0.25) is 4.79 Å². The number of carboxylic acids is 1. The molecular formula is C17H30N4O5S. The van der Waals surface area contributed by atoms with Crippen molar-refractivity contribution < 1.29 is 23.1 Å². The molecule has 0 aliphatic rings. The highest BCUT2D eigenvalue weighted by atomic mass is 32.2. The van der Waals surface area contributed by atoms with Crippen molar-refractivity contribution in [2.24, 2.45) is 0 Å². The monoisotopic (exact) mass is 402 g/mol. The molecule has 27 heavy (non-hydrogen) atoms. The first-order valence-electron chi connectivity index (χ1n) is 9.31. The van der Waals surface area contributed by atoms with Crippen LogP contribution in [-0.2, 0) is 26.0 Å². The molecule has 10 heteroatoms. The van der Waals surface area contributed by atoms with E-state index in [9.17, 15) is 23.1 Å². The molecule has 154 valence electrons. The predicted octanol–water partition coefficient (Wildman–Crippen LogP) is 1.19. The summed E-state index contributed by atoms with van der Waals surface area (Å²) >= 11 is 0. The molecule has 1 atom stereocenters. The van der Waals surface area contributed by atoms with Crippen molar-refractivity contribution >= 4 is 21.9 Å². The molecule has 0 aromatic carbocycles. The van der Waals surface area contributed by atoms with Gasteiger partial charge in [-0.05, 0) is 6.42 Å². The lowest BCUT2D eigenvalue weighted by Crippen LogP contribution is -2.43. The fourth-order valence-corrected chi connectivity index (χ4v) is 3.68. The number of aromatic nitrogens is 2. The summed E-state index contributed by atoms with van der Waals surface area (Å²) in [5.74, 6) is -1.66. The van der Waals surface area contributed by atoms with E-state index in [0.717, 1.165) is 32.1 Å². The number of carbonyl (C=O) groups excluding carboxylic acids is 1. The number of rotatable bonds is 15. The van der Waals surface area contributed by atoms with E-state index in [-0.39, 0.29) is 25.1 Å². The normalized spacial score (nSPS) is 12.6. The summed E-state index contributed by atoms with van der Waals surface area (Å²) < 4.78 is 26.2. The molecule has 9 nitrogen and oxygen atoms in total. The summed E-state index contributed by atoms with van der Waals surface area (Å²) in [5.41, 5.74) is 0.516. The van der Waals surface area contributed by atoms with Gasteiger partial charge in [0.25, 0.3) is 0 Å². The van der Waals surface area contributed by atoms with Crippen LogP contribution in [0.4, 0.5) is 0 Å². The van der Waals surface area contributed by atoms with Gasteiger partial charge in [-0.1, -0.05) is 39.0 Å². The van der Waals surface area contributed by atoms with Crippen LogP contribution in [0, 0.1) is 0 Å². The molecule has 0 aliphatic heterocycles. The van der Waals surface area contributed by atoms with E-state index in [4.69, 9.17) is 0 Å². The second kappa shape index (κ2) is 12.4. The Morgan fingerprint density at radius 3 is 2.56 bits per heavy atom. The van der Waals surface area contributed by atoms with E-state index in [1.54, 1.807) is 6.20 Å². The van der Waals surface area contributed by atoms with Crippen molar-refractivity contribution in [1.29, 1.82) is 0 Å². The lowest BCUT2D eigenvalue weighted by Gasteiger charge is -2.13. The largest absolute Gasteiger partial charge is 0.480 e. The zero-order valence-corrected chi connectivity index (χ0v) is 16.6. The van der Waals surface area contributed by atoms with E-state index in [0.29, 0.717) is 12.1 Å². The zero-order chi connectivity index (χ0) is 20.1. The lowest BCUT2D eigenvalue weighted by atomic mass is 10.1. The Morgan fingerprint density at radius 1 is 1.22 bits per heavy atom. The number of aliphatic carboxylic acids is 1. The molecule has 0 spiro atoms. The van der Waals surface area contributed by atoms with Crippen LogP contribution in [0.25, 0.3) is 0 Å². The highest BCUT2D eigenvalue weighted by Gasteiger charge is 2.21. The van der Waals surface area contributed by atoms with Crippen LogP contribution in [0.15, 0.2) is 12.5 Å².